The zero-order valence-electron chi connectivity index (χ0n) is 15.5. The Hall–Kier alpha value is 0.250. The Balaban J connectivity index is 3.84. The van der Waals surface area contributed by atoms with Gasteiger partial charge >= 0.3 is 0 Å². The second-order valence-corrected chi connectivity index (χ2v) is 7.57. The highest BCUT2D eigenvalue weighted by atomic mass is 35.5. The summed E-state index contributed by atoms with van der Waals surface area (Å²) < 4.78 is 0. The van der Waals surface area contributed by atoms with Gasteiger partial charge in [0.25, 0.3) is 0 Å². The van der Waals surface area contributed by atoms with E-state index in [1.54, 1.807) is 0 Å². The summed E-state index contributed by atoms with van der Waals surface area (Å²) in [6, 6.07) is 0. The molecular weight excluding hydrogens is 290 g/mol. The molecule has 0 bridgehead atoms. The molecule has 2 N–H and O–H groups in total. The van der Waals surface area contributed by atoms with Gasteiger partial charge in [0.15, 0.2) is 0 Å². The largest absolute Gasteiger partial charge is 0.325 e. The van der Waals surface area contributed by atoms with Gasteiger partial charge in [-0.2, -0.15) is 0 Å². The van der Waals surface area contributed by atoms with Crippen molar-refractivity contribution in [3.8, 4) is 0 Å². The lowest BCUT2D eigenvalue weighted by atomic mass is 9.83. The highest BCUT2D eigenvalue weighted by Gasteiger charge is 2.23. The van der Waals surface area contributed by atoms with Crippen molar-refractivity contribution in [1.29, 1.82) is 0 Å². The van der Waals surface area contributed by atoms with Gasteiger partial charge in [0.05, 0.1) is 0 Å². The van der Waals surface area contributed by atoms with E-state index in [1.807, 2.05) is 0 Å². The highest BCUT2D eigenvalue weighted by molar-refractivity contribution is 6.17. The molecule has 0 aromatic rings. The summed E-state index contributed by atoms with van der Waals surface area (Å²) in [7, 11) is 0. The number of halogens is 1. The van der Waals surface area contributed by atoms with Gasteiger partial charge in [0.1, 0.15) is 0 Å². The number of hydrogen-bond acceptors (Lipinski definition) is 1. The van der Waals surface area contributed by atoms with Crippen LogP contribution in [0.3, 0.4) is 0 Å². The van der Waals surface area contributed by atoms with Gasteiger partial charge in [-0.1, -0.05) is 90.9 Å². The quantitative estimate of drug-likeness (QED) is 0.221. The maximum atomic E-state index is 6.71. The predicted molar refractivity (Wildman–Crippen MR) is 103 cm³/mol. The van der Waals surface area contributed by atoms with Crippen molar-refractivity contribution in [2.45, 2.75) is 122 Å². The van der Waals surface area contributed by atoms with Gasteiger partial charge in [-0.15, -0.1) is 11.6 Å². The van der Waals surface area contributed by atoms with E-state index in [0.29, 0.717) is 0 Å². The molecule has 0 atom stereocenters. The molecule has 1 nitrogen and oxygen atoms in total. The van der Waals surface area contributed by atoms with Crippen LogP contribution in [0.4, 0.5) is 0 Å². The molecular formula is C20H42ClN. The van der Waals surface area contributed by atoms with Crippen LogP contribution in [0.1, 0.15) is 117 Å². The van der Waals surface area contributed by atoms with Crippen molar-refractivity contribution in [3.05, 3.63) is 0 Å². The summed E-state index contributed by atoms with van der Waals surface area (Å²) in [6.45, 7) is 4.55. The Morgan fingerprint density at radius 3 is 1.36 bits per heavy atom. The van der Waals surface area contributed by atoms with Crippen LogP contribution in [0.5, 0.6) is 0 Å². The summed E-state index contributed by atoms with van der Waals surface area (Å²) in [6.07, 6.45) is 20.9. The Kier molecular flexibility index (Phi) is 16.3. The normalized spacial score (nSPS) is 12.0. The van der Waals surface area contributed by atoms with E-state index in [1.165, 1.54) is 89.9 Å². The van der Waals surface area contributed by atoms with E-state index in [4.69, 9.17) is 17.3 Å². The molecule has 134 valence electrons. The number of nitrogens with two attached hydrogens (primary N) is 1. The van der Waals surface area contributed by atoms with Crippen molar-refractivity contribution < 1.29 is 0 Å². The first-order chi connectivity index (χ1) is 10.7. The van der Waals surface area contributed by atoms with Gasteiger partial charge in [0, 0.05) is 11.4 Å². The molecule has 0 unspecified atom stereocenters. The fourth-order valence-corrected chi connectivity index (χ4v) is 3.44. The summed E-state index contributed by atoms with van der Waals surface area (Å²) in [5.74, 6) is 0.756. The van der Waals surface area contributed by atoms with Crippen LogP contribution >= 0.6 is 11.6 Å². The Morgan fingerprint density at radius 1 is 0.591 bits per heavy atom. The van der Waals surface area contributed by atoms with Crippen LogP contribution in [-0.2, 0) is 0 Å². The zero-order valence-corrected chi connectivity index (χ0v) is 16.2. The van der Waals surface area contributed by atoms with Gasteiger partial charge in [-0.05, 0) is 25.7 Å². The third-order valence-corrected chi connectivity index (χ3v) is 5.13. The van der Waals surface area contributed by atoms with Crippen molar-refractivity contribution in [3.63, 3.8) is 0 Å². The highest BCUT2D eigenvalue weighted by Crippen LogP contribution is 2.26. The first-order valence-corrected chi connectivity index (χ1v) is 10.6. The van der Waals surface area contributed by atoms with E-state index < -0.39 is 0 Å². The fraction of sp³-hybridized carbons (Fsp3) is 1.00. The molecule has 0 heterocycles. The Labute approximate surface area is 145 Å². The molecule has 0 rings (SSSR count). The lowest BCUT2D eigenvalue weighted by molar-refractivity contribution is 0.311. The van der Waals surface area contributed by atoms with E-state index in [2.05, 4.69) is 13.8 Å². The maximum absolute atomic E-state index is 6.71. The minimum absolute atomic E-state index is 0.0599. The average molecular weight is 332 g/mol. The van der Waals surface area contributed by atoms with E-state index >= 15 is 0 Å². The summed E-state index contributed by atoms with van der Waals surface area (Å²) in [5.41, 5.74) is 6.77. The number of hydrogen-bond donors (Lipinski definition) is 1. The second-order valence-electron chi connectivity index (χ2n) is 7.19. The molecule has 0 saturated carbocycles. The summed E-state index contributed by atoms with van der Waals surface area (Å²) in [4.78, 5) is 0. The van der Waals surface area contributed by atoms with Crippen molar-refractivity contribution in [2.24, 2.45) is 5.73 Å². The lowest BCUT2D eigenvalue weighted by Crippen LogP contribution is -2.39. The van der Waals surface area contributed by atoms with Crippen LogP contribution < -0.4 is 5.73 Å². The van der Waals surface area contributed by atoms with E-state index in [-0.39, 0.29) is 5.54 Å². The van der Waals surface area contributed by atoms with E-state index in [9.17, 15) is 0 Å². The molecule has 2 heteroatoms. The van der Waals surface area contributed by atoms with Gasteiger partial charge in [-0.25, -0.2) is 0 Å². The minimum atomic E-state index is 0.0599. The first-order valence-electron chi connectivity index (χ1n) is 10.0. The van der Waals surface area contributed by atoms with Crippen LogP contribution in [-0.4, -0.2) is 11.4 Å². The Morgan fingerprint density at radius 2 is 0.955 bits per heavy atom. The minimum Gasteiger partial charge on any atom is -0.325 e. The molecule has 0 aromatic heterocycles. The zero-order chi connectivity index (χ0) is 16.5. The Bertz CT molecular complexity index is 202. The standard InChI is InChI=1S/C20H42ClN/c1-3-5-7-9-11-13-16-20(22,18-15-19-21)17-14-12-10-8-6-4-2/h3-19,22H2,1-2H3. The molecule has 0 aliphatic rings. The molecule has 0 spiro atoms. The topological polar surface area (TPSA) is 26.0 Å². The SMILES string of the molecule is CCCCCCCCC(N)(CCCCl)CCCCCCCC. The molecule has 0 fully saturated rings. The van der Waals surface area contributed by atoms with Crippen molar-refractivity contribution >= 4 is 11.6 Å². The molecule has 0 aliphatic carbocycles. The molecule has 22 heavy (non-hydrogen) atoms. The first kappa shape index (κ1) is 22.2. The van der Waals surface area contributed by atoms with Crippen LogP contribution in [0.25, 0.3) is 0 Å². The number of alkyl halides is 1. The van der Waals surface area contributed by atoms with Gasteiger partial charge < -0.3 is 5.73 Å². The third-order valence-electron chi connectivity index (χ3n) is 4.86. The summed E-state index contributed by atoms with van der Waals surface area (Å²) >= 11 is 5.89. The fourth-order valence-electron chi connectivity index (χ4n) is 3.31. The molecule has 0 radical (unpaired) electrons. The van der Waals surface area contributed by atoms with Crippen LogP contribution in [0.15, 0.2) is 0 Å². The third kappa shape index (κ3) is 13.9. The number of unbranched alkanes of at least 4 members (excludes halogenated alkanes) is 10. The van der Waals surface area contributed by atoms with Gasteiger partial charge in [0.2, 0.25) is 0 Å². The van der Waals surface area contributed by atoms with Gasteiger partial charge in [-0.3, -0.25) is 0 Å². The number of rotatable bonds is 17. The van der Waals surface area contributed by atoms with E-state index in [0.717, 1.165) is 18.7 Å². The second kappa shape index (κ2) is 16.1. The molecule has 0 saturated heterocycles. The molecule has 0 aliphatic heterocycles. The maximum Gasteiger partial charge on any atom is 0.0224 e. The lowest BCUT2D eigenvalue weighted by Gasteiger charge is -2.30. The summed E-state index contributed by atoms with van der Waals surface area (Å²) in [5, 5.41) is 0. The molecule has 0 aromatic carbocycles. The van der Waals surface area contributed by atoms with Crippen molar-refractivity contribution in [2.75, 3.05) is 5.88 Å². The van der Waals surface area contributed by atoms with Crippen LogP contribution in [0, 0.1) is 0 Å². The average Bonchev–Trinajstić information content (AvgIpc) is 2.52. The van der Waals surface area contributed by atoms with Crippen molar-refractivity contribution in [1.82, 2.24) is 0 Å². The molecule has 0 amide bonds. The smallest absolute Gasteiger partial charge is 0.0224 e. The van der Waals surface area contributed by atoms with Crippen LogP contribution in [0.2, 0.25) is 0 Å². The monoisotopic (exact) mass is 331 g/mol. The predicted octanol–water partition coefficient (Wildman–Crippen LogP) is 7.20.